The molecule has 8 nitrogen and oxygen atoms in total. The lowest BCUT2D eigenvalue weighted by molar-refractivity contribution is 0.363. The summed E-state index contributed by atoms with van der Waals surface area (Å²) in [6, 6.07) is 26.8. The lowest BCUT2D eigenvalue weighted by atomic mass is 10.1. The molecular weight excluding hydrogens is 522 g/mol. The van der Waals surface area contributed by atoms with E-state index < -0.39 is 5.56 Å². The summed E-state index contributed by atoms with van der Waals surface area (Å²) in [5.74, 6) is 0.719. The average Bonchev–Trinajstić information content (AvgIpc) is 3.54. The molecule has 3 heterocycles. The van der Waals surface area contributed by atoms with Gasteiger partial charge >= 0.3 is 0 Å². The number of hydrogen-bond donors (Lipinski definition) is 0. The maximum atomic E-state index is 13.4. The molecule has 0 fully saturated rings. The Bertz CT molecular complexity index is 1980. The highest BCUT2D eigenvalue weighted by atomic mass is 32.1. The Morgan fingerprint density at radius 1 is 0.900 bits per heavy atom. The molecule has 0 amide bonds. The summed E-state index contributed by atoms with van der Waals surface area (Å²) in [7, 11) is 0. The highest BCUT2D eigenvalue weighted by molar-refractivity contribution is 7.15. The van der Waals surface area contributed by atoms with Crippen molar-refractivity contribution in [2.24, 2.45) is 0 Å². The Morgan fingerprint density at radius 3 is 2.35 bits per heavy atom. The van der Waals surface area contributed by atoms with Crippen LogP contribution in [0.1, 0.15) is 16.8 Å². The molecule has 0 aliphatic rings. The summed E-state index contributed by atoms with van der Waals surface area (Å²) in [5.41, 5.74) is 3.53. The third-order valence-electron chi connectivity index (χ3n) is 6.21. The molecule has 0 N–H and O–H groups in total. The molecule has 3 aromatic carbocycles. The predicted molar refractivity (Wildman–Crippen MR) is 156 cm³/mol. The summed E-state index contributed by atoms with van der Waals surface area (Å²) < 4.78 is 9.01. The molecule has 0 radical (unpaired) electrons. The molecule has 40 heavy (non-hydrogen) atoms. The second kappa shape index (κ2) is 10.9. The van der Waals surface area contributed by atoms with Gasteiger partial charge in [-0.25, -0.2) is 4.68 Å². The number of para-hydroxylation sites is 1. The van der Waals surface area contributed by atoms with Crippen molar-refractivity contribution in [1.29, 1.82) is 0 Å². The van der Waals surface area contributed by atoms with Crippen LogP contribution in [-0.2, 0) is 6.42 Å². The minimum Gasteiger partial charge on any atom is -0.490 e. The molecule has 0 saturated carbocycles. The van der Waals surface area contributed by atoms with Gasteiger partial charge in [0.2, 0.25) is 4.96 Å². The van der Waals surface area contributed by atoms with Gasteiger partial charge in [0.1, 0.15) is 23.7 Å². The van der Waals surface area contributed by atoms with Gasteiger partial charge in [-0.3, -0.25) is 9.59 Å². The molecule has 0 unspecified atom stereocenters. The van der Waals surface area contributed by atoms with E-state index in [1.807, 2.05) is 91.1 Å². The van der Waals surface area contributed by atoms with E-state index >= 15 is 0 Å². The molecule has 196 valence electrons. The maximum absolute atomic E-state index is 13.4. The minimum absolute atomic E-state index is 0.224. The van der Waals surface area contributed by atoms with Gasteiger partial charge in [-0.15, -0.1) is 0 Å². The van der Waals surface area contributed by atoms with Crippen LogP contribution in [0.2, 0.25) is 0 Å². The van der Waals surface area contributed by atoms with Crippen LogP contribution in [0.4, 0.5) is 0 Å². The highest BCUT2D eigenvalue weighted by Crippen LogP contribution is 2.26. The van der Waals surface area contributed by atoms with Crippen molar-refractivity contribution in [3.63, 3.8) is 0 Å². The van der Waals surface area contributed by atoms with E-state index in [1.165, 1.54) is 4.52 Å². The van der Waals surface area contributed by atoms with Gasteiger partial charge in [0, 0.05) is 23.7 Å². The zero-order valence-electron chi connectivity index (χ0n) is 21.3. The van der Waals surface area contributed by atoms with Gasteiger partial charge in [-0.1, -0.05) is 72.5 Å². The second-order valence-corrected chi connectivity index (χ2v) is 9.98. The summed E-state index contributed by atoms with van der Waals surface area (Å²) >= 11 is 1.12. The number of benzene rings is 3. The van der Waals surface area contributed by atoms with Crippen LogP contribution >= 0.6 is 11.3 Å². The average molecular weight is 546 g/mol. The van der Waals surface area contributed by atoms with Gasteiger partial charge in [0.05, 0.1) is 10.2 Å². The van der Waals surface area contributed by atoms with Crippen LogP contribution in [0, 0.1) is 0 Å². The number of rotatable bonds is 8. The van der Waals surface area contributed by atoms with E-state index in [1.54, 1.807) is 16.8 Å². The molecule has 0 bridgehead atoms. The monoisotopic (exact) mass is 545 g/mol. The molecule has 6 aromatic rings. The van der Waals surface area contributed by atoms with Gasteiger partial charge in [-0.05, 0) is 48.0 Å². The molecule has 0 atom stereocenters. The Hall–Kier alpha value is -5.15. The van der Waals surface area contributed by atoms with Gasteiger partial charge in [0.15, 0.2) is 0 Å². The van der Waals surface area contributed by atoms with Crippen molar-refractivity contribution in [2.75, 3.05) is 6.61 Å². The van der Waals surface area contributed by atoms with Gasteiger partial charge < -0.3 is 4.74 Å². The predicted octanol–water partition coefficient (Wildman–Crippen LogP) is 4.07. The minimum atomic E-state index is -0.437. The Labute approximate surface area is 232 Å². The molecule has 3 aromatic heterocycles. The topological polar surface area (TPSA) is 91.4 Å². The zero-order chi connectivity index (χ0) is 27.5. The van der Waals surface area contributed by atoms with Crippen molar-refractivity contribution >= 4 is 22.4 Å². The quantitative estimate of drug-likeness (QED) is 0.268. The van der Waals surface area contributed by atoms with Gasteiger partial charge in [-0.2, -0.15) is 19.7 Å². The van der Waals surface area contributed by atoms with Crippen LogP contribution in [-0.4, -0.2) is 31.0 Å². The van der Waals surface area contributed by atoms with Crippen LogP contribution < -0.4 is 20.4 Å². The summed E-state index contributed by atoms with van der Waals surface area (Å²) in [4.78, 5) is 30.5. The Kier molecular flexibility index (Phi) is 6.86. The normalized spacial score (nSPS) is 11.7. The first kappa shape index (κ1) is 25.1. The van der Waals surface area contributed by atoms with E-state index in [4.69, 9.17) is 9.84 Å². The van der Waals surface area contributed by atoms with Crippen LogP contribution in [0.25, 0.3) is 28.0 Å². The molecule has 0 aliphatic carbocycles. The fraction of sp³-hybridized carbons (Fsp3) is 0.0645. The lowest BCUT2D eigenvalue weighted by Crippen LogP contribution is -2.28. The van der Waals surface area contributed by atoms with Crippen LogP contribution in [0.15, 0.2) is 113 Å². The largest absolute Gasteiger partial charge is 0.490 e. The number of nitrogens with zero attached hydrogens (tertiary/aromatic N) is 5. The van der Waals surface area contributed by atoms with Crippen LogP contribution in [0.5, 0.6) is 5.75 Å². The van der Waals surface area contributed by atoms with Crippen LogP contribution in [0.3, 0.4) is 0 Å². The molecule has 0 spiro atoms. The Balaban J connectivity index is 1.45. The number of thiazole rings is 1. The zero-order valence-corrected chi connectivity index (χ0v) is 22.1. The van der Waals surface area contributed by atoms with Crippen molar-refractivity contribution in [2.45, 2.75) is 6.42 Å². The van der Waals surface area contributed by atoms with Gasteiger partial charge in [0.25, 0.3) is 11.1 Å². The highest BCUT2D eigenvalue weighted by Gasteiger charge is 2.15. The van der Waals surface area contributed by atoms with E-state index in [0.29, 0.717) is 23.3 Å². The first-order valence-electron chi connectivity index (χ1n) is 12.6. The molecule has 9 heteroatoms. The van der Waals surface area contributed by atoms with E-state index in [2.05, 4.69) is 16.7 Å². The van der Waals surface area contributed by atoms with E-state index in [9.17, 15) is 9.59 Å². The van der Waals surface area contributed by atoms with Crippen molar-refractivity contribution in [3.8, 4) is 22.7 Å². The fourth-order valence-electron chi connectivity index (χ4n) is 4.28. The number of hydrogen-bond acceptors (Lipinski definition) is 7. The summed E-state index contributed by atoms with van der Waals surface area (Å²) in [6.45, 7) is 4.09. The standard InChI is InChI=1S/C31H23N5O3S/c1-2-17-39-25-15-13-22(14-16-25)28-23(20-35(34-28)24-11-7-4-8-12-24)19-27-30(38)36-31(40-27)32-29(37)26(33-36)18-21-9-5-3-6-10-21/h2-16,19-20H,1,17-18H2. The SMILES string of the molecule is C=CCOc1ccc(-c2nn(-c3ccccc3)cc2C=c2sc3nc(=O)c(Cc4ccccc4)nn3c2=O)cc1. The summed E-state index contributed by atoms with van der Waals surface area (Å²) in [6.07, 6.45) is 5.64. The third kappa shape index (κ3) is 5.10. The van der Waals surface area contributed by atoms with Crippen molar-refractivity contribution in [3.05, 3.63) is 146 Å². The second-order valence-electron chi connectivity index (χ2n) is 8.97. The molecule has 0 saturated heterocycles. The summed E-state index contributed by atoms with van der Waals surface area (Å²) in [5, 5.41) is 9.22. The third-order valence-corrected chi connectivity index (χ3v) is 7.17. The number of aromatic nitrogens is 5. The maximum Gasteiger partial charge on any atom is 0.296 e. The van der Waals surface area contributed by atoms with Crippen molar-refractivity contribution < 1.29 is 4.74 Å². The van der Waals surface area contributed by atoms with E-state index in [-0.39, 0.29) is 16.2 Å². The van der Waals surface area contributed by atoms with E-state index in [0.717, 1.165) is 39.5 Å². The first-order valence-corrected chi connectivity index (χ1v) is 13.4. The fourth-order valence-corrected chi connectivity index (χ4v) is 5.17. The number of fused-ring (bicyclic) bond motifs is 1. The Morgan fingerprint density at radius 2 is 1.62 bits per heavy atom. The number of ether oxygens (including phenoxy) is 1. The first-order chi connectivity index (χ1) is 19.6. The molecule has 0 aliphatic heterocycles. The molecular formula is C31H23N5O3S. The molecule has 6 rings (SSSR count). The lowest BCUT2D eigenvalue weighted by Gasteiger charge is -2.04. The van der Waals surface area contributed by atoms with Crippen molar-refractivity contribution in [1.82, 2.24) is 24.4 Å². The smallest absolute Gasteiger partial charge is 0.296 e.